The molecule has 0 radical (unpaired) electrons. The van der Waals surface area contributed by atoms with E-state index in [4.69, 9.17) is 0 Å². The summed E-state index contributed by atoms with van der Waals surface area (Å²) in [5.41, 5.74) is 1.03. The lowest BCUT2D eigenvalue weighted by Crippen LogP contribution is -2.24. The van der Waals surface area contributed by atoms with Crippen LogP contribution in [0.4, 0.5) is 0 Å². The lowest BCUT2D eigenvalue weighted by molar-refractivity contribution is 0.446. The molecule has 0 aromatic heterocycles. The Kier molecular flexibility index (Phi) is 5.94. The molecule has 0 saturated heterocycles. The van der Waals surface area contributed by atoms with Crippen molar-refractivity contribution in [2.75, 3.05) is 13.1 Å². The van der Waals surface area contributed by atoms with Gasteiger partial charge in [-0.15, -0.1) is 0 Å². The molecule has 0 fully saturated rings. The van der Waals surface area contributed by atoms with Gasteiger partial charge in [0.25, 0.3) is 0 Å². The molecule has 0 unspecified atom stereocenters. The van der Waals surface area contributed by atoms with Crippen LogP contribution in [0.15, 0.2) is 24.3 Å². The van der Waals surface area contributed by atoms with Crippen molar-refractivity contribution < 1.29 is 5.11 Å². The van der Waals surface area contributed by atoms with Gasteiger partial charge in [-0.3, -0.25) is 0 Å². The number of benzene rings is 1. The molecule has 0 aliphatic rings. The molecule has 90 valence electrons. The molecule has 0 heterocycles. The summed E-state index contributed by atoms with van der Waals surface area (Å²) in [4.78, 5) is 0. The molecule has 0 bridgehead atoms. The minimum absolute atomic E-state index is 0.409. The SMILES string of the molecule is CCC(CC)CNCCc1ccccc1O. The van der Waals surface area contributed by atoms with Crippen LogP contribution in [0, 0.1) is 5.92 Å². The highest BCUT2D eigenvalue weighted by atomic mass is 16.3. The van der Waals surface area contributed by atoms with Crippen molar-refractivity contribution in [2.24, 2.45) is 5.92 Å². The third-order valence-corrected chi connectivity index (χ3v) is 3.15. The first-order valence-electron chi connectivity index (χ1n) is 6.25. The second-order valence-electron chi connectivity index (χ2n) is 4.27. The summed E-state index contributed by atoms with van der Waals surface area (Å²) in [6.45, 7) is 6.49. The van der Waals surface area contributed by atoms with Crippen molar-refractivity contribution in [3.8, 4) is 5.75 Å². The monoisotopic (exact) mass is 221 g/mol. The average molecular weight is 221 g/mol. The zero-order valence-electron chi connectivity index (χ0n) is 10.4. The van der Waals surface area contributed by atoms with Crippen molar-refractivity contribution in [1.29, 1.82) is 0 Å². The Labute approximate surface area is 98.7 Å². The minimum Gasteiger partial charge on any atom is -0.508 e. The fourth-order valence-electron chi connectivity index (χ4n) is 1.83. The number of phenolic OH excluding ortho intramolecular Hbond substituents is 1. The summed E-state index contributed by atoms with van der Waals surface area (Å²) in [7, 11) is 0. The Hall–Kier alpha value is -1.02. The van der Waals surface area contributed by atoms with E-state index in [0.717, 1.165) is 31.0 Å². The topological polar surface area (TPSA) is 32.3 Å². The third-order valence-electron chi connectivity index (χ3n) is 3.15. The molecular weight excluding hydrogens is 198 g/mol. The van der Waals surface area contributed by atoms with E-state index in [1.54, 1.807) is 6.07 Å². The second kappa shape index (κ2) is 7.29. The number of phenols is 1. The normalized spacial score (nSPS) is 10.9. The van der Waals surface area contributed by atoms with Gasteiger partial charge in [0, 0.05) is 0 Å². The van der Waals surface area contributed by atoms with Crippen LogP contribution in [0.3, 0.4) is 0 Å². The van der Waals surface area contributed by atoms with Crippen LogP contribution >= 0.6 is 0 Å². The maximum atomic E-state index is 9.58. The molecule has 2 heteroatoms. The van der Waals surface area contributed by atoms with Crippen molar-refractivity contribution in [1.82, 2.24) is 5.32 Å². The highest BCUT2D eigenvalue weighted by molar-refractivity contribution is 5.31. The average Bonchev–Trinajstić information content (AvgIpc) is 2.31. The van der Waals surface area contributed by atoms with E-state index < -0.39 is 0 Å². The summed E-state index contributed by atoms with van der Waals surface area (Å²) >= 11 is 0. The number of para-hydroxylation sites is 1. The Morgan fingerprint density at radius 2 is 1.88 bits per heavy atom. The minimum atomic E-state index is 0.409. The van der Waals surface area contributed by atoms with Crippen molar-refractivity contribution in [3.63, 3.8) is 0 Å². The van der Waals surface area contributed by atoms with Gasteiger partial charge >= 0.3 is 0 Å². The fourth-order valence-corrected chi connectivity index (χ4v) is 1.83. The van der Waals surface area contributed by atoms with Gasteiger partial charge in [0.15, 0.2) is 0 Å². The maximum Gasteiger partial charge on any atom is 0.118 e. The molecular formula is C14H23NO. The molecule has 0 atom stereocenters. The maximum absolute atomic E-state index is 9.58. The van der Waals surface area contributed by atoms with Crippen LogP contribution in [0.1, 0.15) is 32.3 Å². The van der Waals surface area contributed by atoms with Gasteiger partial charge in [-0.2, -0.15) is 0 Å². The van der Waals surface area contributed by atoms with Crippen LogP contribution in [0.2, 0.25) is 0 Å². The first kappa shape index (κ1) is 13.0. The standard InChI is InChI=1S/C14H23NO/c1-3-12(4-2)11-15-10-9-13-7-5-6-8-14(13)16/h5-8,12,15-16H,3-4,9-11H2,1-2H3. The Morgan fingerprint density at radius 1 is 1.19 bits per heavy atom. The smallest absolute Gasteiger partial charge is 0.118 e. The Bertz CT molecular complexity index is 295. The molecule has 0 saturated carbocycles. The first-order chi connectivity index (χ1) is 7.77. The summed E-state index contributed by atoms with van der Waals surface area (Å²) < 4.78 is 0. The van der Waals surface area contributed by atoms with E-state index in [2.05, 4.69) is 19.2 Å². The molecule has 2 nitrogen and oxygen atoms in total. The van der Waals surface area contributed by atoms with E-state index >= 15 is 0 Å². The van der Waals surface area contributed by atoms with Crippen LogP contribution in [-0.4, -0.2) is 18.2 Å². The lowest BCUT2D eigenvalue weighted by atomic mass is 10.0. The van der Waals surface area contributed by atoms with Gasteiger partial charge in [-0.1, -0.05) is 44.9 Å². The molecule has 0 spiro atoms. The Balaban J connectivity index is 2.23. The molecule has 1 rings (SSSR count). The number of hydrogen-bond acceptors (Lipinski definition) is 2. The molecule has 1 aromatic carbocycles. The van der Waals surface area contributed by atoms with Gasteiger partial charge in [0.1, 0.15) is 5.75 Å². The molecule has 0 aliphatic heterocycles. The number of rotatable bonds is 7. The summed E-state index contributed by atoms with van der Waals surface area (Å²) in [5, 5.41) is 13.0. The number of aromatic hydroxyl groups is 1. The largest absolute Gasteiger partial charge is 0.508 e. The van der Waals surface area contributed by atoms with Crippen molar-refractivity contribution >= 4 is 0 Å². The highest BCUT2D eigenvalue weighted by Crippen LogP contribution is 2.15. The highest BCUT2D eigenvalue weighted by Gasteiger charge is 2.03. The molecule has 0 aliphatic carbocycles. The van der Waals surface area contributed by atoms with Crippen molar-refractivity contribution in [3.05, 3.63) is 29.8 Å². The van der Waals surface area contributed by atoms with E-state index in [1.165, 1.54) is 12.8 Å². The van der Waals surface area contributed by atoms with E-state index in [-0.39, 0.29) is 0 Å². The molecule has 2 N–H and O–H groups in total. The van der Waals surface area contributed by atoms with E-state index in [0.29, 0.717) is 5.75 Å². The summed E-state index contributed by atoms with van der Waals surface area (Å²) in [6, 6.07) is 7.55. The molecule has 0 amide bonds. The third kappa shape index (κ3) is 4.23. The van der Waals surface area contributed by atoms with Crippen LogP contribution < -0.4 is 5.32 Å². The first-order valence-corrected chi connectivity index (χ1v) is 6.25. The van der Waals surface area contributed by atoms with Crippen LogP contribution in [0.5, 0.6) is 5.75 Å². The van der Waals surface area contributed by atoms with E-state index in [1.807, 2.05) is 18.2 Å². The zero-order chi connectivity index (χ0) is 11.8. The molecule has 16 heavy (non-hydrogen) atoms. The Morgan fingerprint density at radius 3 is 2.50 bits per heavy atom. The van der Waals surface area contributed by atoms with Gasteiger partial charge < -0.3 is 10.4 Å². The predicted octanol–water partition coefficient (Wildman–Crippen LogP) is 2.96. The fraction of sp³-hybridized carbons (Fsp3) is 0.571. The van der Waals surface area contributed by atoms with Gasteiger partial charge in [-0.25, -0.2) is 0 Å². The van der Waals surface area contributed by atoms with E-state index in [9.17, 15) is 5.11 Å². The second-order valence-corrected chi connectivity index (χ2v) is 4.27. The predicted molar refractivity (Wildman–Crippen MR) is 68.8 cm³/mol. The lowest BCUT2D eigenvalue weighted by Gasteiger charge is -2.13. The van der Waals surface area contributed by atoms with Crippen LogP contribution in [-0.2, 0) is 6.42 Å². The zero-order valence-corrected chi connectivity index (χ0v) is 10.4. The van der Waals surface area contributed by atoms with Crippen LogP contribution in [0.25, 0.3) is 0 Å². The van der Waals surface area contributed by atoms with Gasteiger partial charge in [0.2, 0.25) is 0 Å². The number of nitrogens with one attached hydrogen (secondary N) is 1. The number of hydrogen-bond donors (Lipinski definition) is 2. The van der Waals surface area contributed by atoms with Crippen molar-refractivity contribution in [2.45, 2.75) is 33.1 Å². The van der Waals surface area contributed by atoms with Gasteiger partial charge in [0.05, 0.1) is 0 Å². The summed E-state index contributed by atoms with van der Waals surface area (Å²) in [5.74, 6) is 1.19. The quantitative estimate of drug-likeness (QED) is 0.694. The molecule has 1 aromatic rings. The summed E-state index contributed by atoms with van der Waals surface area (Å²) in [6.07, 6.45) is 3.37. The van der Waals surface area contributed by atoms with Gasteiger partial charge in [-0.05, 0) is 37.1 Å².